The summed E-state index contributed by atoms with van der Waals surface area (Å²) in [6.45, 7) is 2.03. The van der Waals surface area contributed by atoms with E-state index in [2.05, 4.69) is 0 Å². The predicted octanol–water partition coefficient (Wildman–Crippen LogP) is 0.729. The van der Waals surface area contributed by atoms with E-state index < -0.39 is 5.37 Å². The molecular weight excluding hydrogens is 196 g/mol. The van der Waals surface area contributed by atoms with Crippen molar-refractivity contribution in [3.05, 3.63) is 0 Å². The fourth-order valence-electron chi connectivity index (χ4n) is 1.04. The van der Waals surface area contributed by atoms with Crippen molar-refractivity contribution in [1.29, 1.82) is 0 Å². The number of imide groups is 1. The van der Waals surface area contributed by atoms with E-state index in [1.807, 2.05) is 0 Å². The van der Waals surface area contributed by atoms with Gasteiger partial charge in [0.1, 0.15) is 0 Å². The minimum Gasteiger partial charge on any atom is -0.378 e. The van der Waals surface area contributed by atoms with Gasteiger partial charge in [-0.05, 0) is 11.6 Å². The summed E-state index contributed by atoms with van der Waals surface area (Å²) in [4.78, 5) is 24.5. The van der Waals surface area contributed by atoms with E-state index in [1.54, 1.807) is 0 Å². The molecule has 0 aromatic heterocycles. The molecular formula is C7H11ClN2O3. The van der Waals surface area contributed by atoms with Crippen LogP contribution in [0, 0.1) is 0 Å². The molecule has 13 heavy (non-hydrogen) atoms. The first-order chi connectivity index (χ1) is 6.13. The van der Waals surface area contributed by atoms with Gasteiger partial charge in [0.25, 0.3) is 0 Å². The molecule has 3 amide bonds. The molecule has 0 unspecified atom stereocenters. The normalized spacial score (nSPS) is 16.9. The fraction of sp³-hybridized carbons (Fsp3) is 0.714. The van der Waals surface area contributed by atoms with Gasteiger partial charge in [0.15, 0.2) is 0 Å². The van der Waals surface area contributed by atoms with Crippen LogP contribution in [0.4, 0.5) is 9.59 Å². The Morgan fingerprint density at radius 1 is 1.38 bits per heavy atom. The van der Waals surface area contributed by atoms with Gasteiger partial charge in [0.05, 0.1) is 13.2 Å². The number of hydrogen-bond donors (Lipinski definition) is 0. The molecule has 1 rings (SSSR count). The molecule has 5 nitrogen and oxygen atoms in total. The van der Waals surface area contributed by atoms with Crippen molar-refractivity contribution in [2.45, 2.75) is 0 Å². The second-order valence-corrected chi connectivity index (χ2v) is 3.02. The Bertz CT molecular complexity index is 216. The van der Waals surface area contributed by atoms with Crippen molar-refractivity contribution in [1.82, 2.24) is 9.80 Å². The van der Waals surface area contributed by atoms with Crippen molar-refractivity contribution in [3.63, 3.8) is 0 Å². The van der Waals surface area contributed by atoms with Crippen LogP contribution in [0.1, 0.15) is 0 Å². The number of nitrogens with zero attached hydrogens (tertiary/aromatic N) is 2. The smallest absolute Gasteiger partial charge is 0.327 e. The SMILES string of the molecule is CN(C(=O)Cl)C(=O)N1CCOCC1. The Kier molecular flexibility index (Phi) is 3.50. The van der Waals surface area contributed by atoms with Crippen molar-refractivity contribution in [2.24, 2.45) is 0 Å². The Morgan fingerprint density at radius 3 is 2.38 bits per heavy atom. The van der Waals surface area contributed by atoms with Crippen LogP contribution in [0.3, 0.4) is 0 Å². The lowest BCUT2D eigenvalue weighted by atomic mass is 10.4. The predicted molar refractivity (Wildman–Crippen MR) is 46.8 cm³/mol. The van der Waals surface area contributed by atoms with Gasteiger partial charge in [-0.3, -0.25) is 9.69 Å². The number of rotatable bonds is 0. The standard InChI is InChI=1S/C7H11ClN2O3/c1-9(6(8)11)7(12)10-2-4-13-5-3-10/h2-5H2,1H3. The Balaban J connectivity index is 2.50. The van der Waals surface area contributed by atoms with Crippen molar-refractivity contribution < 1.29 is 14.3 Å². The minimum absolute atomic E-state index is 0.372. The van der Waals surface area contributed by atoms with Crippen molar-refractivity contribution >= 4 is 23.0 Å². The summed E-state index contributed by atoms with van der Waals surface area (Å²) in [6.07, 6.45) is 0. The van der Waals surface area contributed by atoms with E-state index in [4.69, 9.17) is 16.3 Å². The highest BCUT2D eigenvalue weighted by molar-refractivity contribution is 6.63. The van der Waals surface area contributed by atoms with Crippen molar-refractivity contribution in [3.8, 4) is 0 Å². The van der Waals surface area contributed by atoms with Crippen LogP contribution in [-0.4, -0.2) is 54.5 Å². The molecule has 0 aromatic carbocycles. The molecule has 0 bridgehead atoms. The molecule has 0 aliphatic carbocycles. The number of hydrogen-bond acceptors (Lipinski definition) is 3. The third-order valence-electron chi connectivity index (χ3n) is 1.83. The average molecular weight is 207 g/mol. The highest BCUT2D eigenvalue weighted by Gasteiger charge is 2.23. The molecule has 0 atom stereocenters. The Hall–Kier alpha value is -0.810. The highest BCUT2D eigenvalue weighted by Crippen LogP contribution is 2.03. The van der Waals surface area contributed by atoms with Gasteiger partial charge in [-0.2, -0.15) is 0 Å². The van der Waals surface area contributed by atoms with Crippen molar-refractivity contribution in [2.75, 3.05) is 33.4 Å². The quantitative estimate of drug-likeness (QED) is 0.434. The number of morpholine rings is 1. The number of halogens is 1. The van der Waals surface area contributed by atoms with E-state index in [-0.39, 0.29) is 6.03 Å². The van der Waals surface area contributed by atoms with Crippen LogP contribution < -0.4 is 0 Å². The van der Waals surface area contributed by atoms with E-state index in [1.165, 1.54) is 11.9 Å². The number of amides is 3. The summed E-state index contributed by atoms with van der Waals surface area (Å²) in [5.41, 5.74) is 0. The number of ether oxygens (including phenoxy) is 1. The molecule has 0 N–H and O–H groups in total. The summed E-state index contributed by atoms with van der Waals surface area (Å²) in [6, 6.07) is -0.372. The molecule has 1 fully saturated rings. The van der Waals surface area contributed by atoms with Crippen LogP contribution >= 0.6 is 11.6 Å². The minimum atomic E-state index is -0.767. The lowest BCUT2D eigenvalue weighted by Gasteiger charge is -2.29. The van der Waals surface area contributed by atoms with E-state index in [9.17, 15) is 9.59 Å². The lowest BCUT2D eigenvalue weighted by Crippen LogP contribution is -2.47. The first-order valence-corrected chi connectivity index (χ1v) is 4.30. The second-order valence-electron chi connectivity index (χ2n) is 2.69. The van der Waals surface area contributed by atoms with E-state index in [0.717, 1.165) is 4.90 Å². The summed E-state index contributed by atoms with van der Waals surface area (Å²) in [7, 11) is 1.35. The maximum absolute atomic E-state index is 11.4. The largest absolute Gasteiger partial charge is 0.378 e. The van der Waals surface area contributed by atoms with Gasteiger partial charge in [0.2, 0.25) is 0 Å². The molecule has 0 saturated carbocycles. The topological polar surface area (TPSA) is 49.9 Å². The summed E-state index contributed by atoms with van der Waals surface area (Å²) >= 11 is 5.15. The zero-order valence-electron chi connectivity index (χ0n) is 7.33. The monoisotopic (exact) mass is 206 g/mol. The zero-order valence-corrected chi connectivity index (χ0v) is 8.08. The number of carbonyl (C=O) groups excluding carboxylic acids is 2. The van der Waals surface area contributed by atoms with Crippen LogP contribution in [0.15, 0.2) is 0 Å². The third kappa shape index (κ3) is 2.57. The lowest BCUT2D eigenvalue weighted by molar-refractivity contribution is 0.0481. The summed E-state index contributed by atoms with van der Waals surface area (Å²) in [5.74, 6) is 0. The molecule has 0 spiro atoms. The van der Waals surface area contributed by atoms with Gasteiger partial charge in [-0.25, -0.2) is 4.79 Å². The Labute approximate surface area is 81.2 Å². The number of carbonyl (C=O) groups is 2. The average Bonchev–Trinajstić information content (AvgIpc) is 2.17. The molecule has 0 aromatic rings. The summed E-state index contributed by atoms with van der Waals surface area (Å²) < 4.78 is 5.06. The molecule has 6 heteroatoms. The molecule has 1 heterocycles. The zero-order chi connectivity index (χ0) is 9.84. The van der Waals surface area contributed by atoms with E-state index >= 15 is 0 Å². The number of urea groups is 1. The van der Waals surface area contributed by atoms with Crippen LogP contribution in [0.25, 0.3) is 0 Å². The van der Waals surface area contributed by atoms with Gasteiger partial charge < -0.3 is 9.64 Å². The maximum atomic E-state index is 11.4. The van der Waals surface area contributed by atoms with Gasteiger partial charge in [-0.1, -0.05) is 0 Å². The van der Waals surface area contributed by atoms with E-state index in [0.29, 0.717) is 26.3 Å². The third-order valence-corrected chi connectivity index (χ3v) is 2.09. The van der Waals surface area contributed by atoms with Gasteiger partial charge in [0, 0.05) is 20.1 Å². The van der Waals surface area contributed by atoms with Gasteiger partial charge in [-0.15, -0.1) is 0 Å². The highest BCUT2D eigenvalue weighted by atomic mass is 35.5. The molecule has 1 aliphatic heterocycles. The van der Waals surface area contributed by atoms with Crippen LogP contribution in [0.2, 0.25) is 0 Å². The first-order valence-electron chi connectivity index (χ1n) is 3.93. The molecule has 1 saturated heterocycles. The molecule has 1 aliphatic rings. The van der Waals surface area contributed by atoms with Gasteiger partial charge >= 0.3 is 11.4 Å². The first kappa shape index (κ1) is 10.3. The fourth-order valence-corrected chi connectivity index (χ4v) is 1.11. The Morgan fingerprint density at radius 2 is 1.92 bits per heavy atom. The molecule has 74 valence electrons. The van der Waals surface area contributed by atoms with Crippen LogP contribution in [0.5, 0.6) is 0 Å². The summed E-state index contributed by atoms with van der Waals surface area (Å²) in [5, 5.41) is -0.767. The second kappa shape index (κ2) is 4.43. The van der Waals surface area contributed by atoms with Crippen LogP contribution in [-0.2, 0) is 4.74 Å². The maximum Gasteiger partial charge on any atom is 0.327 e. The molecule has 0 radical (unpaired) electrons.